The van der Waals surface area contributed by atoms with E-state index in [1.54, 1.807) is 6.07 Å². The van der Waals surface area contributed by atoms with Crippen LogP contribution in [0.3, 0.4) is 0 Å². The molecule has 1 aromatic rings. The lowest BCUT2D eigenvalue weighted by atomic mass is 10.4. The lowest BCUT2D eigenvalue weighted by Crippen LogP contribution is -2.16. The molecular weight excluding hydrogens is 222 g/mol. The average Bonchev–Trinajstić information content (AvgIpc) is 2.23. The number of aromatic nitrogens is 2. The molecule has 90 valence electrons. The van der Waals surface area contributed by atoms with Crippen LogP contribution in [-0.4, -0.2) is 48.3 Å². The molecule has 0 radical (unpaired) electrons. The van der Waals surface area contributed by atoms with Crippen molar-refractivity contribution in [3.63, 3.8) is 0 Å². The summed E-state index contributed by atoms with van der Waals surface area (Å²) in [4.78, 5) is 10.6. The fourth-order valence-corrected chi connectivity index (χ4v) is 1.62. The van der Waals surface area contributed by atoms with Crippen molar-refractivity contribution < 1.29 is 0 Å². The summed E-state index contributed by atoms with van der Waals surface area (Å²) in [6.45, 7) is 1.95. The molecule has 0 amide bonds. The lowest BCUT2D eigenvalue weighted by Gasteiger charge is -2.10. The van der Waals surface area contributed by atoms with Gasteiger partial charge in [-0.2, -0.15) is 0 Å². The minimum absolute atomic E-state index is 0.509. The summed E-state index contributed by atoms with van der Waals surface area (Å²) in [6.07, 6.45) is 3.01. The zero-order chi connectivity index (χ0) is 12.0. The van der Waals surface area contributed by atoms with Gasteiger partial charge in [0.1, 0.15) is 11.6 Å². The molecule has 0 spiro atoms. The van der Waals surface area contributed by atoms with Gasteiger partial charge in [0.25, 0.3) is 0 Å². The largest absolute Gasteiger partial charge is 0.383 e. The highest BCUT2D eigenvalue weighted by Gasteiger charge is 2.00. The van der Waals surface area contributed by atoms with E-state index in [9.17, 15) is 0 Å². The first kappa shape index (κ1) is 13.1. The molecule has 0 atom stereocenters. The minimum Gasteiger partial charge on any atom is -0.383 e. The van der Waals surface area contributed by atoms with Gasteiger partial charge >= 0.3 is 0 Å². The van der Waals surface area contributed by atoms with Crippen molar-refractivity contribution in [2.45, 2.75) is 11.6 Å². The van der Waals surface area contributed by atoms with Gasteiger partial charge in [-0.05, 0) is 33.3 Å². The molecule has 16 heavy (non-hydrogen) atoms. The third-order valence-corrected chi connectivity index (χ3v) is 2.54. The van der Waals surface area contributed by atoms with Gasteiger partial charge in [0.15, 0.2) is 5.16 Å². The number of anilines is 2. The van der Waals surface area contributed by atoms with Crippen LogP contribution in [0.5, 0.6) is 0 Å². The lowest BCUT2D eigenvalue weighted by molar-refractivity contribution is 0.405. The average molecular weight is 241 g/mol. The fraction of sp³-hybridized carbons (Fsp3) is 0.600. The summed E-state index contributed by atoms with van der Waals surface area (Å²) in [7, 11) is 4.13. The van der Waals surface area contributed by atoms with Crippen molar-refractivity contribution in [3.8, 4) is 0 Å². The van der Waals surface area contributed by atoms with Crippen LogP contribution >= 0.6 is 11.8 Å². The number of hydrogen-bond acceptors (Lipinski definition) is 6. The summed E-state index contributed by atoms with van der Waals surface area (Å²) < 4.78 is 0. The maximum atomic E-state index is 5.67. The highest BCUT2D eigenvalue weighted by atomic mass is 32.2. The molecule has 0 bridgehead atoms. The molecule has 0 saturated heterocycles. The quantitative estimate of drug-likeness (QED) is 0.442. The number of thioether (sulfide) groups is 1. The standard InChI is InChI=1S/C10H19N5S/c1-15(2)6-4-5-12-9-7-8(11)13-10(14-9)16-3/h7H,4-6H2,1-3H3,(H3,11,12,13,14). The van der Waals surface area contributed by atoms with Crippen molar-refractivity contribution in [3.05, 3.63) is 6.07 Å². The summed E-state index contributed by atoms with van der Waals surface area (Å²) >= 11 is 1.49. The highest BCUT2D eigenvalue weighted by Crippen LogP contribution is 2.14. The van der Waals surface area contributed by atoms with Crippen LogP contribution < -0.4 is 11.1 Å². The smallest absolute Gasteiger partial charge is 0.191 e. The molecule has 0 aromatic carbocycles. The van der Waals surface area contributed by atoms with Crippen molar-refractivity contribution in [2.24, 2.45) is 0 Å². The number of nitrogens with zero attached hydrogens (tertiary/aromatic N) is 3. The summed E-state index contributed by atoms with van der Waals surface area (Å²) in [5, 5.41) is 3.95. The third-order valence-electron chi connectivity index (χ3n) is 2.00. The van der Waals surface area contributed by atoms with Gasteiger partial charge in [-0.3, -0.25) is 0 Å². The van der Waals surface area contributed by atoms with E-state index < -0.39 is 0 Å². The van der Waals surface area contributed by atoms with Crippen molar-refractivity contribution >= 4 is 23.4 Å². The molecule has 0 saturated carbocycles. The van der Waals surface area contributed by atoms with Gasteiger partial charge < -0.3 is 16.0 Å². The zero-order valence-corrected chi connectivity index (χ0v) is 10.8. The number of nitrogen functional groups attached to an aromatic ring is 1. The molecule has 0 fully saturated rings. The highest BCUT2D eigenvalue weighted by molar-refractivity contribution is 7.98. The summed E-state index contributed by atoms with van der Waals surface area (Å²) in [5.41, 5.74) is 5.67. The molecular formula is C10H19N5S. The van der Waals surface area contributed by atoms with E-state index in [-0.39, 0.29) is 0 Å². The second kappa shape index (κ2) is 6.55. The van der Waals surface area contributed by atoms with Crippen LogP contribution in [0.4, 0.5) is 11.6 Å². The number of hydrogen-bond donors (Lipinski definition) is 2. The van der Waals surface area contributed by atoms with Gasteiger partial charge in [0.05, 0.1) is 0 Å². The number of rotatable bonds is 6. The second-order valence-electron chi connectivity index (χ2n) is 3.75. The molecule has 0 aliphatic carbocycles. The van der Waals surface area contributed by atoms with Crippen molar-refractivity contribution in [2.75, 3.05) is 44.5 Å². The molecule has 5 nitrogen and oxygen atoms in total. The molecule has 3 N–H and O–H groups in total. The number of nitrogens with two attached hydrogens (primary N) is 1. The first-order chi connectivity index (χ1) is 7.61. The maximum Gasteiger partial charge on any atom is 0.191 e. The Balaban J connectivity index is 2.44. The Labute approximate surface area is 101 Å². The molecule has 1 heterocycles. The van der Waals surface area contributed by atoms with Crippen LogP contribution in [0.25, 0.3) is 0 Å². The van der Waals surface area contributed by atoms with E-state index in [2.05, 4.69) is 34.3 Å². The first-order valence-corrected chi connectivity index (χ1v) is 6.41. The Bertz CT molecular complexity index is 329. The van der Waals surface area contributed by atoms with Crippen LogP contribution in [0.2, 0.25) is 0 Å². The molecule has 0 unspecified atom stereocenters. The molecule has 0 aliphatic heterocycles. The molecule has 6 heteroatoms. The molecule has 0 aliphatic rings. The maximum absolute atomic E-state index is 5.67. The molecule has 1 rings (SSSR count). The van der Waals surface area contributed by atoms with Crippen LogP contribution in [0, 0.1) is 0 Å². The molecule has 1 aromatic heterocycles. The Morgan fingerprint density at radius 1 is 1.44 bits per heavy atom. The summed E-state index contributed by atoms with van der Waals surface area (Å²) in [6, 6.07) is 1.76. The van der Waals surface area contributed by atoms with Crippen LogP contribution in [-0.2, 0) is 0 Å². The van der Waals surface area contributed by atoms with Crippen molar-refractivity contribution in [1.82, 2.24) is 14.9 Å². The fourth-order valence-electron chi connectivity index (χ4n) is 1.24. The van der Waals surface area contributed by atoms with Gasteiger partial charge in [0, 0.05) is 12.6 Å². The number of nitrogens with one attached hydrogen (secondary N) is 1. The van der Waals surface area contributed by atoms with E-state index in [1.165, 1.54) is 11.8 Å². The van der Waals surface area contributed by atoms with Crippen LogP contribution in [0.15, 0.2) is 11.2 Å². The van der Waals surface area contributed by atoms with E-state index in [0.29, 0.717) is 11.0 Å². The Hall–Kier alpha value is -1.01. The monoisotopic (exact) mass is 241 g/mol. The van der Waals surface area contributed by atoms with E-state index in [4.69, 9.17) is 5.73 Å². The zero-order valence-electron chi connectivity index (χ0n) is 10.0. The van der Waals surface area contributed by atoms with E-state index in [0.717, 1.165) is 25.3 Å². The van der Waals surface area contributed by atoms with Crippen LogP contribution in [0.1, 0.15) is 6.42 Å². The predicted molar refractivity (Wildman–Crippen MR) is 69.9 cm³/mol. The summed E-state index contributed by atoms with van der Waals surface area (Å²) in [5.74, 6) is 1.31. The van der Waals surface area contributed by atoms with Gasteiger partial charge in [-0.25, -0.2) is 9.97 Å². The Morgan fingerprint density at radius 3 is 2.81 bits per heavy atom. The predicted octanol–water partition coefficient (Wildman–Crippen LogP) is 1.14. The Kier molecular flexibility index (Phi) is 5.34. The van der Waals surface area contributed by atoms with Gasteiger partial charge in [0.2, 0.25) is 0 Å². The van der Waals surface area contributed by atoms with E-state index in [1.807, 2.05) is 6.26 Å². The van der Waals surface area contributed by atoms with Gasteiger partial charge in [-0.1, -0.05) is 11.8 Å². The van der Waals surface area contributed by atoms with Crippen molar-refractivity contribution in [1.29, 1.82) is 0 Å². The SMILES string of the molecule is CSc1nc(N)cc(NCCCN(C)C)n1. The Morgan fingerprint density at radius 2 is 2.19 bits per heavy atom. The second-order valence-corrected chi connectivity index (χ2v) is 4.52. The minimum atomic E-state index is 0.509. The topological polar surface area (TPSA) is 67.1 Å². The first-order valence-electron chi connectivity index (χ1n) is 5.19. The normalized spacial score (nSPS) is 10.8. The van der Waals surface area contributed by atoms with Gasteiger partial charge in [-0.15, -0.1) is 0 Å². The van der Waals surface area contributed by atoms with E-state index >= 15 is 0 Å². The third kappa shape index (κ3) is 4.67.